The van der Waals surface area contributed by atoms with Gasteiger partial charge in [0.25, 0.3) is 0 Å². The molecule has 0 N–H and O–H groups in total. The minimum atomic E-state index is 0.664. The Bertz CT molecular complexity index is 314. The molecule has 3 aliphatic carbocycles. The van der Waals surface area contributed by atoms with E-state index < -0.39 is 0 Å². The molecule has 20 heavy (non-hydrogen) atoms. The van der Waals surface area contributed by atoms with Crippen molar-refractivity contribution in [3.63, 3.8) is 0 Å². The van der Waals surface area contributed by atoms with E-state index in [2.05, 4.69) is 6.92 Å². The summed E-state index contributed by atoms with van der Waals surface area (Å²) in [5.74, 6) is 5.13. The van der Waals surface area contributed by atoms with Crippen molar-refractivity contribution in [2.45, 2.75) is 89.8 Å². The van der Waals surface area contributed by atoms with Gasteiger partial charge < -0.3 is 4.74 Å². The van der Waals surface area contributed by atoms with Gasteiger partial charge in [-0.1, -0.05) is 19.8 Å². The molecule has 1 nitrogen and oxygen atoms in total. The van der Waals surface area contributed by atoms with E-state index in [1.807, 2.05) is 0 Å². The van der Waals surface area contributed by atoms with E-state index in [0.29, 0.717) is 12.2 Å². The zero-order valence-electron chi connectivity index (χ0n) is 13.2. The van der Waals surface area contributed by atoms with Crippen molar-refractivity contribution in [2.24, 2.45) is 29.6 Å². The molecular formula is C19H32O. The Balaban J connectivity index is 1.27. The quantitative estimate of drug-likeness (QED) is 0.674. The Morgan fingerprint density at radius 1 is 0.650 bits per heavy atom. The van der Waals surface area contributed by atoms with Crippen LogP contribution in [0.3, 0.4) is 0 Å². The highest BCUT2D eigenvalue weighted by molar-refractivity contribution is 4.94. The van der Waals surface area contributed by atoms with Gasteiger partial charge in [0.2, 0.25) is 0 Å². The summed E-state index contributed by atoms with van der Waals surface area (Å²) in [4.78, 5) is 0. The molecule has 3 unspecified atom stereocenters. The molecule has 114 valence electrons. The number of hydrogen-bond acceptors (Lipinski definition) is 1. The van der Waals surface area contributed by atoms with Crippen molar-refractivity contribution in [3.05, 3.63) is 0 Å². The first-order valence-corrected chi connectivity index (χ1v) is 9.45. The fraction of sp³-hybridized carbons (Fsp3) is 1.00. The first-order chi connectivity index (χ1) is 9.79. The standard InChI is InChI=1S/C19H32O/c1-13-2-4-14(5-3-13)15-6-8-16(9-7-15)18-11-10-17-12-19(18)20-17/h13-19H,2-12H2,1H3. The summed E-state index contributed by atoms with van der Waals surface area (Å²) >= 11 is 0. The molecule has 5 rings (SSSR count). The van der Waals surface area contributed by atoms with E-state index in [0.717, 1.165) is 29.6 Å². The lowest BCUT2D eigenvalue weighted by atomic mass is 9.64. The second-order valence-electron chi connectivity index (χ2n) is 8.47. The van der Waals surface area contributed by atoms with Crippen LogP contribution < -0.4 is 0 Å². The number of ether oxygens (including phenoxy) is 1. The minimum absolute atomic E-state index is 0.664. The van der Waals surface area contributed by atoms with E-state index in [1.54, 1.807) is 0 Å². The predicted molar refractivity (Wildman–Crippen MR) is 82.6 cm³/mol. The SMILES string of the molecule is CC1CCC(C2CCC(C3CCC4CC3O4)CC2)CC1. The van der Waals surface area contributed by atoms with Crippen molar-refractivity contribution >= 4 is 0 Å². The molecule has 0 aromatic heterocycles. The first kappa shape index (κ1) is 13.6. The van der Waals surface area contributed by atoms with Crippen LogP contribution in [0.25, 0.3) is 0 Å². The van der Waals surface area contributed by atoms with Crippen LogP contribution in [0.5, 0.6) is 0 Å². The third-order valence-corrected chi connectivity index (χ3v) is 7.31. The third-order valence-electron chi connectivity index (χ3n) is 7.31. The van der Waals surface area contributed by atoms with Crippen molar-refractivity contribution < 1.29 is 4.74 Å². The van der Waals surface area contributed by atoms with E-state index >= 15 is 0 Å². The molecule has 2 bridgehead atoms. The molecule has 0 aromatic carbocycles. The van der Waals surface area contributed by atoms with Gasteiger partial charge in [-0.3, -0.25) is 0 Å². The van der Waals surface area contributed by atoms with Gasteiger partial charge in [0.15, 0.2) is 0 Å². The summed E-state index contributed by atoms with van der Waals surface area (Å²) in [6, 6.07) is 0. The van der Waals surface area contributed by atoms with Crippen LogP contribution in [0.1, 0.15) is 77.6 Å². The largest absolute Gasteiger partial charge is 0.374 e. The Morgan fingerprint density at radius 3 is 1.75 bits per heavy atom. The highest BCUT2D eigenvalue weighted by Crippen LogP contribution is 2.49. The number of rotatable bonds is 2. The second-order valence-corrected chi connectivity index (χ2v) is 8.47. The molecule has 0 spiro atoms. The Labute approximate surface area is 124 Å². The van der Waals surface area contributed by atoms with Gasteiger partial charge in [-0.2, -0.15) is 0 Å². The molecule has 0 aromatic rings. The fourth-order valence-corrected chi connectivity index (χ4v) is 5.86. The monoisotopic (exact) mass is 276 g/mol. The van der Waals surface area contributed by atoms with Crippen LogP contribution in [0.4, 0.5) is 0 Å². The van der Waals surface area contributed by atoms with Gasteiger partial charge in [-0.25, -0.2) is 0 Å². The summed E-state index contributed by atoms with van der Waals surface area (Å²) in [5.41, 5.74) is 0. The maximum Gasteiger partial charge on any atom is 0.0634 e. The predicted octanol–water partition coefficient (Wildman–Crippen LogP) is 5.19. The van der Waals surface area contributed by atoms with Crippen LogP contribution in [0.2, 0.25) is 0 Å². The average Bonchev–Trinajstić information content (AvgIpc) is 2.48. The number of hydrogen-bond donors (Lipinski definition) is 0. The lowest BCUT2D eigenvalue weighted by Crippen LogP contribution is -2.50. The Hall–Kier alpha value is -0.0400. The maximum absolute atomic E-state index is 6.00. The fourth-order valence-electron chi connectivity index (χ4n) is 5.86. The lowest BCUT2D eigenvalue weighted by molar-refractivity contribution is -0.198. The van der Waals surface area contributed by atoms with Crippen LogP contribution in [0, 0.1) is 29.6 Å². The molecule has 1 heteroatoms. The van der Waals surface area contributed by atoms with Gasteiger partial charge in [0.1, 0.15) is 0 Å². The van der Waals surface area contributed by atoms with Crippen molar-refractivity contribution in [1.82, 2.24) is 0 Å². The molecule has 0 amide bonds. The lowest BCUT2D eigenvalue weighted by Gasteiger charge is -2.51. The van der Waals surface area contributed by atoms with Crippen LogP contribution in [-0.2, 0) is 4.74 Å². The van der Waals surface area contributed by atoms with E-state index in [-0.39, 0.29) is 0 Å². The summed E-state index contributed by atoms with van der Waals surface area (Å²) in [6.45, 7) is 2.45. The first-order valence-electron chi connectivity index (χ1n) is 9.45. The smallest absolute Gasteiger partial charge is 0.0634 e. The highest BCUT2D eigenvalue weighted by atomic mass is 16.5. The van der Waals surface area contributed by atoms with Gasteiger partial charge >= 0.3 is 0 Å². The molecule has 2 saturated heterocycles. The topological polar surface area (TPSA) is 9.23 Å². The molecular weight excluding hydrogens is 244 g/mol. The van der Waals surface area contributed by atoms with Crippen LogP contribution in [0.15, 0.2) is 0 Å². The summed E-state index contributed by atoms with van der Waals surface area (Å²) < 4.78 is 6.00. The average molecular weight is 276 g/mol. The van der Waals surface area contributed by atoms with E-state index in [1.165, 1.54) is 70.6 Å². The molecule has 2 heterocycles. The summed E-state index contributed by atoms with van der Waals surface area (Å²) in [5, 5.41) is 0. The highest BCUT2D eigenvalue weighted by Gasteiger charge is 2.45. The molecule has 0 radical (unpaired) electrons. The van der Waals surface area contributed by atoms with E-state index in [4.69, 9.17) is 4.74 Å². The third kappa shape index (κ3) is 2.56. The van der Waals surface area contributed by atoms with Gasteiger partial charge in [0.05, 0.1) is 12.2 Å². The summed E-state index contributed by atoms with van der Waals surface area (Å²) in [6.07, 6.45) is 17.8. The van der Waals surface area contributed by atoms with Gasteiger partial charge in [0, 0.05) is 6.42 Å². The number of fused-ring (bicyclic) bond motifs is 2. The molecule has 2 aliphatic heterocycles. The van der Waals surface area contributed by atoms with Crippen molar-refractivity contribution in [3.8, 4) is 0 Å². The zero-order valence-corrected chi connectivity index (χ0v) is 13.2. The van der Waals surface area contributed by atoms with Gasteiger partial charge in [-0.15, -0.1) is 0 Å². The second kappa shape index (κ2) is 5.63. The maximum atomic E-state index is 6.00. The molecule has 3 atom stereocenters. The Kier molecular flexibility index (Phi) is 3.83. The summed E-state index contributed by atoms with van der Waals surface area (Å²) in [7, 11) is 0. The minimum Gasteiger partial charge on any atom is -0.374 e. The van der Waals surface area contributed by atoms with Crippen molar-refractivity contribution in [1.29, 1.82) is 0 Å². The normalized spacial score (nSPS) is 52.4. The zero-order chi connectivity index (χ0) is 13.5. The molecule has 5 aliphatic rings. The van der Waals surface area contributed by atoms with E-state index in [9.17, 15) is 0 Å². The van der Waals surface area contributed by atoms with Crippen LogP contribution in [-0.4, -0.2) is 12.2 Å². The molecule has 3 saturated carbocycles. The Morgan fingerprint density at radius 2 is 1.20 bits per heavy atom. The molecule has 5 fully saturated rings. The van der Waals surface area contributed by atoms with Crippen LogP contribution >= 0.6 is 0 Å². The van der Waals surface area contributed by atoms with Crippen molar-refractivity contribution in [2.75, 3.05) is 0 Å². The van der Waals surface area contributed by atoms with Gasteiger partial charge in [-0.05, 0) is 81.0 Å².